The predicted octanol–water partition coefficient (Wildman–Crippen LogP) is 3.91. The molecular formula is C20H14N2O5. The Balaban J connectivity index is 2.23. The third-order valence-corrected chi connectivity index (χ3v) is 3.69. The van der Waals surface area contributed by atoms with Crippen LogP contribution in [0.15, 0.2) is 84.8 Å². The smallest absolute Gasteiger partial charge is 0.372 e. The third-order valence-electron chi connectivity index (χ3n) is 3.69. The number of nitro groups is 1. The molecule has 2 aromatic carbocycles. The lowest BCUT2D eigenvalue weighted by atomic mass is 9.96. The van der Waals surface area contributed by atoms with Crippen molar-refractivity contribution in [2.24, 2.45) is 0 Å². The first-order chi connectivity index (χ1) is 13.1. The van der Waals surface area contributed by atoms with Gasteiger partial charge < -0.3 is 9.84 Å². The molecule has 0 amide bonds. The Hall–Kier alpha value is -4.00. The summed E-state index contributed by atoms with van der Waals surface area (Å²) in [7, 11) is 0. The van der Waals surface area contributed by atoms with Gasteiger partial charge >= 0.3 is 11.7 Å². The number of rotatable bonds is 6. The Morgan fingerprint density at radius 2 is 1.48 bits per heavy atom. The van der Waals surface area contributed by atoms with E-state index in [9.17, 15) is 20.0 Å². The fourth-order valence-electron chi connectivity index (χ4n) is 2.54. The zero-order chi connectivity index (χ0) is 19.2. The van der Waals surface area contributed by atoms with Crippen molar-refractivity contribution in [2.45, 2.75) is 0 Å². The predicted molar refractivity (Wildman–Crippen MR) is 98.1 cm³/mol. The van der Waals surface area contributed by atoms with Gasteiger partial charge in [-0.25, -0.2) is 9.78 Å². The van der Waals surface area contributed by atoms with Crippen LogP contribution in [-0.4, -0.2) is 21.0 Å². The van der Waals surface area contributed by atoms with Gasteiger partial charge in [0.25, 0.3) is 5.88 Å². The van der Waals surface area contributed by atoms with Crippen molar-refractivity contribution in [1.82, 2.24) is 4.98 Å². The third kappa shape index (κ3) is 3.98. The number of pyridine rings is 1. The van der Waals surface area contributed by atoms with Gasteiger partial charge in [-0.3, -0.25) is 10.1 Å². The number of ether oxygens (including phenoxy) is 1. The average molecular weight is 362 g/mol. The van der Waals surface area contributed by atoms with E-state index in [1.165, 1.54) is 18.3 Å². The summed E-state index contributed by atoms with van der Waals surface area (Å²) in [6, 6.07) is 20.2. The highest BCUT2D eigenvalue weighted by Gasteiger charge is 2.25. The molecule has 0 saturated carbocycles. The molecule has 27 heavy (non-hydrogen) atoms. The highest BCUT2D eigenvalue weighted by molar-refractivity contribution is 5.99. The van der Waals surface area contributed by atoms with Crippen molar-refractivity contribution in [2.75, 3.05) is 0 Å². The highest BCUT2D eigenvalue weighted by Crippen LogP contribution is 2.31. The van der Waals surface area contributed by atoms with E-state index < -0.39 is 22.3 Å². The van der Waals surface area contributed by atoms with Crippen LogP contribution in [0.2, 0.25) is 0 Å². The monoisotopic (exact) mass is 362 g/mol. The topological polar surface area (TPSA) is 103 Å². The van der Waals surface area contributed by atoms with E-state index in [1.54, 1.807) is 60.7 Å². The van der Waals surface area contributed by atoms with Gasteiger partial charge in [0, 0.05) is 17.8 Å². The fraction of sp³-hybridized carbons (Fsp3) is 0. The normalized spacial score (nSPS) is 10.1. The Labute approximate surface area is 154 Å². The molecule has 0 fully saturated rings. The van der Waals surface area contributed by atoms with Gasteiger partial charge in [-0.1, -0.05) is 60.7 Å². The molecule has 0 aliphatic carbocycles. The first-order valence-corrected chi connectivity index (χ1v) is 7.93. The number of carbonyl (C=O) groups is 1. The first-order valence-electron chi connectivity index (χ1n) is 7.93. The molecule has 0 saturated heterocycles. The van der Waals surface area contributed by atoms with E-state index in [0.717, 1.165) is 0 Å². The summed E-state index contributed by atoms with van der Waals surface area (Å²) >= 11 is 0. The lowest BCUT2D eigenvalue weighted by Gasteiger charge is -2.14. The van der Waals surface area contributed by atoms with E-state index in [-0.39, 0.29) is 5.88 Å². The molecule has 0 spiro atoms. The average Bonchev–Trinajstić information content (AvgIpc) is 2.69. The second-order valence-electron chi connectivity index (χ2n) is 5.43. The molecule has 0 bridgehead atoms. The lowest BCUT2D eigenvalue weighted by molar-refractivity contribution is -0.386. The molecule has 134 valence electrons. The van der Waals surface area contributed by atoms with Gasteiger partial charge in [-0.15, -0.1) is 0 Å². The molecular weight excluding hydrogens is 348 g/mol. The summed E-state index contributed by atoms with van der Waals surface area (Å²) in [6.45, 7) is 0. The molecule has 1 heterocycles. The Morgan fingerprint density at radius 3 is 1.96 bits per heavy atom. The number of hydrogen-bond donors (Lipinski definition) is 1. The number of carboxylic acids is 1. The number of hydrogen-bond acceptors (Lipinski definition) is 5. The largest absolute Gasteiger partial charge is 0.475 e. The van der Waals surface area contributed by atoms with Crippen LogP contribution < -0.4 is 4.74 Å². The van der Waals surface area contributed by atoms with Crippen molar-refractivity contribution >= 4 is 17.2 Å². The van der Waals surface area contributed by atoms with Crippen molar-refractivity contribution in [3.63, 3.8) is 0 Å². The first kappa shape index (κ1) is 17.8. The Kier molecular flexibility index (Phi) is 5.22. The fourth-order valence-corrected chi connectivity index (χ4v) is 2.54. The zero-order valence-corrected chi connectivity index (χ0v) is 14.0. The van der Waals surface area contributed by atoms with Crippen LogP contribution in [0.1, 0.15) is 11.1 Å². The quantitative estimate of drug-likeness (QED) is 0.309. The van der Waals surface area contributed by atoms with Crippen molar-refractivity contribution in [1.29, 1.82) is 0 Å². The molecule has 3 rings (SSSR count). The SMILES string of the molecule is O=C(O)C(Oc1ncccc1[N+](=O)[O-])=C(c1ccccc1)c1ccccc1. The van der Waals surface area contributed by atoms with E-state index in [4.69, 9.17) is 4.74 Å². The second-order valence-corrected chi connectivity index (χ2v) is 5.43. The van der Waals surface area contributed by atoms with Crippen LogP contribution >= 0.6 is 0 Å². The summed E-state index contributed by atoms with van der Waals surface area (Å²) in [5.74, 6) is -2.20. The van der Waals surface area contributed by atoms with E-state index in [1.807, 2.05) is 0 Å². The van der Waals surface area contributed by atoms with Gasteiger partial charge in [0.15, 0.2) is 0 Å². The number of nitrogens with zero attached hydrogens (tertiary/aromatic N) is 2. The van der Waals surface area contributed by atoms with Crippen LogP contribution in [0.5, 0.6) is 5.88 Å². The molecule has 1 aromatic heterocycles. The van der Waals surface area contributed by atoms with Crippen LogP contribution in [0.4, 0.5) is 5.69 Å². The molecule has 7 heteroatoms. The minimum absolute atomic E-state index is 0.295. The maximum absolute atomic E-state index is 12.0. The van der Waals surface area contributed by atoms with E-state index in [2.05, 4.69) is 4.98 Å². The number of benzene rings is 2. The molecule has 0 aliphatic heterocycles. The van der Waals surface area contributed by atoms with Crippen molar-refractivity contribution < 1.29 is 19.6 Å². The number of aromatic nitrogens is 1. The molecule has 0 radical (unpaired) electrons. The van der Waals surface area contributed by atoms with Gasteiger partial charge in [-0.05, 0) is 17.2 Å². The number of aliphatic carboxylic acids is 1. The van der Waals surface area contributed by atoms with Crippen molar-refractivity contribution in [3.05, 3.63) is 106 Å². The van der Waals surface area contributed by atoms with Crippen LogP contribution in [0, 0.1) is 10.1 Å². The van der Waals surface area contributed by atoms with E-state index >= 15 is 0 Å². The Bertz CT molecular complexity index is 960. The molecule has 0 atom stereocenters. The van der Waals surface area contributed by atoms with Gasteiger partial charge in [0.2, 0.25) is 5.76 Å². The van der Waals surface area contributed by atoms with Gasteiger partial charge in [0.05, 0.1) is 4.92 Å². The number of carboxylic acid groups (broad SMARTS) is 1. The standard InChI is InChI=1S/C20H14N2O5/c23-20(24)18(27-19-16(22(25)26)12-7-13-21-19)17(14-8-3-1-4-9-14)15-10-5-2-6-11-15/h1-13H,(H,23,24). The lowest BCUT2D eigenvalue weighted by Crippen LogP contribution is -2.13. The maximum Gasteiger partial charge on any atom is 0.372 e. The Morgan fingerprint density at radius 1 is 0.926 bits per heavy atom. The van der Waals surface area contributed by atoms with Crippen LogP contribution in [-0.2, 0) is 4.79 Å². The van der Waals surface area contributed by atoms with Crippen molar-refractivity contribution in [3.8, 4) is 5.88 Å². The van der Waals surface area contributed by atoms with Gasteiger partial charge in [-0.2, -0.15) is 0 Å². The molecule has 0 aliphatic rings. The maximum atomic E-state index is 12.0. The minimum Gasteiger partial charge on any atom is -0.475 e. The summed E-state index contributed by atoms with van der Waals surface area (Å²) in [5, 5.41) is 21.0. The summed E-state index contributed by atoms with van der Waals surface area (Å²) in [6.07, 6.45) is 1.30. The second kappa shape index (κ2) is 7.92. The molecule has 7 nitrogen and oxygen atoms in total. The molecule has 1 N–H and O–H groups in total. The summed E-state index contributed by atoms with van der Waals surface area (Å²) < 4.78 is 5.47. The van der Waals surface area contributed by atoms with E-state index in [0.29, 0.717) is 16.7 Å². The molecule has 0 unspecified atom stereocenters. The summed E-state index contributed by atoms with van der Waals surface area (Å²) in [5.41, 5.74) is 1.07. The summed E-state index contributed by atoms with van der Waals surface area (Å²) in [4.78, 5) is 26.4. The van der Waals surface area contributed by atoms with Crippen LogP contribution in [0.25, 0.3) is 5.57 Å². The minimum atomic E-state index is -1.36. The highest BCUT2D eigenvalue weighted by atomic mass is 16.6. The van der Waals surface area contributed by atoms with Gasteiger partial charge in [0.1, 0.15) is 0 Å². The zero-order valence-electron chi connectivity index (χ0n) is 14.0. The molecule has 3 aromatic rings. The van der Waals surface area contributed by atoms with Crippen LogP contribution in [0.3, 0.4) is 0 Å².